The Morgan fingerprint density at radius 1 is 1.03 bits per heavy atom. The minimum Gasteiger partial charge on any atom is -0.493 e. The van der Waals surface area contributed by atoms with E-state index in [0.717, 1.165) is 38.4 Å². The lowest BCUT2D eigenvalue weighted by Crippen LogP contribution is -2.26. The van der Waals surface area contributed by atoms with Gasteiger partial charge in [0.05, 0.1) is 18.5 Å². The molecule has 0 aliphatic heterocycles. The van der Waals surface area contributed by atoms with E-state index in [9.17, 15) is 0 Å². The molecule has 1 N–H and O–H groups in total. The number of nitrogens with one attached hydrogen (secondary N) is 1. The topological polar surface area (TPSA) is 38.6 Å². The molecule has 4 aromatic rings. The fourth-order valence-corrected chi connectivity index (χ4v) is 4.23. The van der Waals surface area contributed by atoms with Crippen LogP contribution in [0.3, 0.4) is 0 Å². The molecule has 4 nitrogen and oxygen atoms in total. The molecule has 0 amide bonds. The molecule has 2 heterocycles. The van der Waals surface area contributed by atoms with Gasteiger partial charge >= 0.3 is 0 Å². The highest BCUT2D eigenvalue weighted by molar-refractivity contribution is 9.10. The molecule has 1 fully saturated rings. The van der Waals surface area contributed by atoms with Crippen LogP contribution >= 0.6 is 15.9 Å². The summed E-state index contributed by atoms with van der Waals surface area (Å²) in [5.41, 5.74) is 6.18. The van der Waals surface area contributed by atoms with Gasteiger partial charge in [0.1, 0.15) is 0 Å². The molecule has 0 atom stereocenters. The maximum Gasteiger partial charge on any atom is 0.180 e. The van der Waals surface area contributed by atoms with E-state index in [1.54, 1.807) is 7.11 Å². The number of methoxy groups -OCH3 is 1. The number of nitrogens with zero attached hydrogens (tertiary/aromatic N) is 2. The summed E-state index contributed by atoms with van der Waals surface area (Å²) in [7, 11) is 1.68. The second-order valence-electron chi connectivity index (χ2n) is 7.44. The molecular weight excluding hydrogens is 426 g/mol. The Morgan fingerprint density at radius 2 is 1.79 bits per heavy atom. The van der Waals surface area contributed by atoms with Crippen LogP contribution in [0, 0.1) is 0 Å². The fraction of sp³-hybridized carbons (Fsp3) is 0.208. The van der Waals surface area contributed by atoms with Crippen molar-refractivity contribution in [1.29, 1.82) is 0 Å². The SMILES string of the molecule is COc1cc(Br)cn2c(-c3ccccc3)c(-c3ccc(NC4CCC4)cc3)nc12. The standard InChI is InChI=1S/C24H22BrN3O/c1-29-21-14-18(25)15-28-23(17-6-3-2-4-7-17)22(27-24(21)28)16-10-12-20(13-11-16)26-19-8-5-9-19/h2-4,6-7,10-15,19,26H,5,8-9H2,1H3. The molecule has 29 heavy (non-hydrogen) atoms. The van der Waals surface area contributed by atoms with Gasteiger partial charge < -0.3 is 10.1 Å². The van der Waals surface area contributed by atoms with E-state index in [4.69, 9.17) is 9.72 Å². The maximum absolute atomic E-state index is 5.61. The lowest BCUT2D eigenvalue weighted by Gasteiger charge is -2.27. The van der Waals surface area contributed by atoms with E-state index < -0.39 is 0 Å². The molecule has 5 rings (SSSR count). The van der Waals surface area contributed by atoms with Crippen molar-refractivity contribution >= 4 is 27.3 Å². The lowest BCUT2D eigenvalue weighted by atomic mass is 9.93. The van der Waals surface area contributed by atoms with E-state index in [2.05, 4.69) is 74.2 Å². The number of halogens is 1. The van der Waals surface area contributed by atoms with Gasteiger partial charge in [-0.05, 0) is 53.4 Å². The Bertz CT molecular complexity index is 1150. The fourth-order valence-electron chi connectivity index (χ4n) is 3.82. The quantitative estimate of drug-likeness (QED) is 0.384. The molecule has 0 unspecified atom stereocenters. The van der Waals surface area contributed by atoms with Crippen molar-refractivity contribution in [2.45, 2.75) is 25.3 Å². The van der Waals surface area contributed by atoms with Gasteiger partial charge in [-0.3, -0.25) is 4.40 Å². The first kappa shape index (κ1) is 18.3. The molecule has 0 saturated heterocycles. The number of aromatic nitrogens is 2. The lowest BCUT2D eigenvalue weighted by molar-refractivity contribution is 0.416. The highest BCUT2D eigenvalue weighted by Crippen LogP contribution is 2.37. The van der Waals surface area contributed by atoms with Gasteiger partial charge in [0.15, 0.2) is 11.4 Å². The van der Waals surface area contributed by atoms with Crippen LogP contribution in [0.15, 0.2) is 71.3 Å². The van der Waals surface area contributed by atoms with Crippen molar-refractivity contribution in [2.24, 2.45) is 0 Å². The first-order chi connectivity index (χ1) is 14.2. The zero-order chi connectivity index (χ0) is 19.8. The number of rotatable bonds is 5. The first-order valence-corrected chi connectivity index (χ1v) is 10.7. The summed E-state index contributed by atoms with van der Waals surface area (Å²) in [6.07, 6.45) is 5.90. The summed E-state index contributed by atoms with van der Waals surface area (Å²) in [4.78, 5) is 4.99. The average molecular weight is 448 g/mol. The Labute approximate surface area is 178 Å². The van der Waals surface area contributed by atoms with Crippen LogP contribution < -0.4 is 10.1 Å². The minimum absolute atomic E-state index is 0.623. The van der Waals surface area contributed by atoms with Gasteiger partial charge in [-0.2, -0.15) is 0 Å². The molecule has 1 aliphatic rings. The van der Waals surface area contributed by atoms with Crippen LogP contribution in [0.4, 0.5) is 5.69 Å². The monoisotopic (exact) mass is 447 g/mol. The van der Waals surface area contributed by atoms with Crippen molar-refractivity contribution < 1.29 is 4.74 Å². The van der Waals surface area contributed by atoms with Gasteiger partial charge in [-0.1, -0.05) is 42.5 Å². The van der Waals surface area contributed by atoms with Gasteiger partial charge in [-0.15, -0.1) is 0 Å². The summed E-state index contributed by atoms with van der Waals surface area (Å²) in [6, 6.07) is 21.6. The van der Waals surface area contributed by atoms with E-state index in [-0.39, 0.29) is 0 Å². The summed E-state index contributed by atoms with van der Waals surface area (Å²) in [5, 5.41) is 3.60. The minimum atomic E-state index is 0.623. The highest BCUT2D eigenvalue weighted by atomic mass is 79.9. The number of fused-ring (bicyclic) bond motifs is 1. The summed E-state index contributed by atoms with van der Waals surface area (Å²) in [6.45, 7) is 0. The second kappa shape index (κ2) is 7.56. The predicted molar refractivity (Wildman–Crippen MR) is 122 cm³/mol. The van der Waals surface area contributed by atoms with E-state index in [1.165, 1.54) is 24.9 Å². The number of pyridine rings is 1. The zero-order valence-corrected chi connectivity index (χ0v) is 17.8. The van der Waals surface area contributed by atoms with E-state index in [1.807, 2.05) is 18.3 Å². The Morgan fingerprint density at radius 3 is 2.45 bits per heavy atom. The number of anilines is 1. The molecular formula is C24H22BrN3O. The highest BCUT2D eigenvalue weighted by Gasteiger charge is 2.20. The molecule has 146 valence electrons. The number of imidazole rings is 1. The van der Waals surface area contributed by atoms with Gasteiger partial charge in [0, 0.05) is 33.5 Å². The van der Waals surface area contributed by atoms with Crippen molar-refractivity contribution in [1.82, 2.24) is 9.38 Å². The van der Waals surface area contributed by atoms with Crippen molar-refractivity contribution in [3.8, 4) is 28.3 Å². The first-order valence-electron chi connectivity index (χ1n) is 9.91. The van der Waals surface area contributed by atoms with Crippen LogP contribution in [0.2, 0.25) is 0 Å². The van der Waals surface area contributed by atoms with Gasteiger partial charge in [-0.25, -0.2) is 4.98 Å². The smallest absolute Gasteiger partial charge is 0.180 e. The molecule has 0 bridgehead atoms. The van der Waals surface area contributed by atoms with Crippen molar-refractivity contribution in [2.75, 3.05) is 12.4 Å². The average Bonchev–Trinajstić information content (AvgIpc) is 3.10. The van der Waals surface area contributed by atoms with Crippen LogP contribution in [0.1, 0.15) is 19.3 Å². The van der Waals surface area contributed by atoms with Gasteiger partial charge in [0.2, 0.25) is 0 Å². The normalized spacial score (nSPS) is 14.0. The number of benzene rings is 2. The Hall–Kier alpha value is -2.79. The summed E-state index contributed by atoms with van der Waals surface area (Å²) >= 11 is 3.60. The Kier molecular flexibility index (Phi) is 4.76. The predicted octanol–water partition coefficient (Wildman–Crippen LogP) is 6.40. The van der Waals surface area contributed by atoms with Crippen LogP contribution in [0.5, 0.6) is 5.75 Å². The Balaban J connectivity index is 1.66. The molecule has 0 spiro atoms. The third kappa shape index (κ3) is 3.40. The van der Waals surface area contributed by atoms with Crippen LogP contribution in [-0.2, 0) is 0 Å². The third-order valence-corrected chi connectivity index (χ3v) is 5.99. The largest absolute Gasteiger partial charge is 0.493 e. The second-order valence-corrected chi connectivity index (χ2v) is 8.36. The number of hydrogen-bond acceptors (Lipinski definition) is 3. The molecule has 1 saturated carbocycles. The van der Waals surface area contributed by atoms with Crippen molar-refractivity contribution in [3.63, 3.8) is 0 Å². The van der Waals surface area contributed by atoms with Crippen LogP contribution in [-0.4, -0.2) is 22.5 Å². The van der Waals surface area contributed by atoms with Crippen molar-refractivity contribution in [3.05, 3.63) is 71.3 Å². The third-order valence-electron chi connectivity index (χ3n) is 5.55. The van der Waals surface area contributed by atoms with Gasteiger partial charge in [0.25, 0.3) is 0 Å². The molecule has 2 aromatic carbocycles. The molecule has 2 aromatic heterocycles. The summed E-state index contributed by atoms with van der Waals surface area (Å²) < 4.78 is 8.66. The molecule has 5 heteroatoms. The van der Waals surface area contributed by atoms with E-state index in [0.29, 0.717) is 6.04 Å². The van der Waals surface area contributed by atoms with Crippen LogP contribution in [0.25, 0.3) is 28.2 Å². The number of hydrogen-bond donors (Lipinski definition) is 1. The molecule has 1 aliphatic carbocycles. The zero-order valence-electron chi connectivity index (χ0n) is 16.2. The number of ether oxygens (including phenoxy) is 1. The van der Waals surface area contributed by atoms with E-state index >= 15 is 0 Å². The maximum atomic E-state index is 5.61. The molecule has 0 radical (unpaired) electrons. The summed E-state index contributed by atoms with van der Waals surface area (Å²) in [5.74, 6) is 0.742.